The number of hydrogen-bond acceptors (Lipinski definition) is 3. The first-order chi connectivity index (χ1) is 7.63. The second-order valence-electron chi connectivity index (χ2n) is 3.45. The van der Waals surface area contributed by atoms with Crippen LogP contribution in [0.15, 0.2) is 24.3 Å². The van der Waals surface area contributed by atoms with Gasteiger partial charge in [-0.1, -0.05) is 12.1 Å². The molecule has 0 bridgehead atoms. The molecule has 0 saturated carbocycles. The van der Waals surface area contributed by atoms with Crippen LogP contribution in [0.2, 0.25) is 0 Å². The molecule has 0 amide bonds. The number of benzene rings is 1. The number of methoxy groups -OCH3 is 1. The molecule has 0 spiro atoms. The molecular formula is C12H10FNO2. The lowest BCUT2D eigenvalue weighted by atomic mass is 10.1. The Morgan fingerprint density at radius 3 is 2.88 bits per heavy atom. The summed E-state index contributed by atoms with van der Waals surface area (Å²) >= 11 is 0. The Bertz CT molecular complexity index is 566. The van der Waals surface area contributed by atoms with E-state index in [9.17, 15) is 9.18 Å². The second-order valence-corrected chi connectivity index (χ2v) is 3.45. The quantitative estimate of drug-likeness (QED) is 0.691. The van der Waals surface area contributed by atoms with Crippen LogP contribution in [0, 0.1) is 12.7 Å². The van der Waals surface area contributed by atoms with E-state index in [1.165, 1.54) is 13.2 Å². The van der Waals surface area contributed by atoms with Crippen LogP contribution in [0.4, 0.5) is 4.39 Å². The molecule has 0 aliphatic rings. The Kier molecular flexibility index (Phi) is 2.56. The summed E-state index contributed by atoms with van der Waals surface area (Å²) in [4.78, 5) is 15.3. The van der Waals surface area contributed by atoms with Crippen LogP contribution >= 0.6 is 0 Å². The fourth-order valence-corrected chi connectivity index (χ4v) is 1.59. The van der Waals surface area contributed by atoms with E-state index in [4.69, 9.17) is 0 Å². The Balaban J connectivity index is 2.75. The number of fused-ring (bicyclic) bond motifs is 1. The van der Waals surface area contributed by atoms with E-state index in [0.717, 1.165) is 5.56 Å². The zero-order valence-electron chi connectivity index (χ0n) is 8.95. The van der Waals surface area contributed by atoms with Gasteiger partial charge in [-0.2, -0.15) is 0 Å². The van der Waals surface area contributed by atoms with Crippen molar-refractivity contribution in [2.45, 2.75) is 6.92 Å². The first kappa shape index (κ1) is 10.5. The zero-order chi connectivity index (χ0) is 11.7. The summed E-state index contributed by atoms with van der Waals surface area (Å²) in [5.41, 5.74) is 1.12. The predicted octanol–water partition coefficient (Wildman–Crippen LogP) is 2.47. The van der Waals surface area contributed by atoms with Gasteiger partial charge in [0.15, 0.2) is 0 Å². The largest absolute Gasteiger partial charge is 0.464 e. The van der Waals surface area contributed by atoms with Gasteiger partial charge in [0.1, 0.15) is 17.0 Å². The summed E-state index contributed by atoms with van der Waals surface area (Å²) < 4.78 is 18.1. The first-order valence-corrected chi connectivity index (χ1v) is 4.77. The van der Waals surface area contributed by atoms with Crippen LogP contribution in [0.25, 0.3) is 10.9 Å². The maximum absolute atomic E-state index is 13.5. The van der Waals surface area contributed by atoms with Crippen molar-refractivity contribution in [1.29, 1.82) is 0 Å². The maximum Gasteiger partial charge on any atom is 0.356 e. The summed E-state index contributed by atoms with van der Waals surface area (Å²) in [6.45, 7) is 1.80. The summed E-state index contributed by atoms with van der Waals surface area (Å²) in [7, 11) is 1.27. The van der Waals surface area contributed by atoms with Crippen molar-refractivity contribution >= 4 is 16.9 Å². The van der Waals surface area contributed by atoms with Crippen LogP contribution in [0.5, 0.6) is 0 Å². The van der Waals surface area contributed by atoms with Gasteiger partial charge in [0.25, 0.3) is 0 Å². The van der Waals surface area contributed by atoms with E-state index in [-0.39, 0.29) is 11.2 Å². The molecular weight excluding hydrogens is 209 g/mol. The molecule has 0 saturated heterocycles. The molecule has 1 heterocycles. The van der Waals surface area contributed by atoms with Gasteiger partial charge < -0.3 is 4.74 Å². The molecule has 0 unspecified atom stereocenters. The molecule has 0 atom stereocenters. The Morgan fingerprint density at radius 1 is 1.44 bits per heavy atom. The number of rotatable bonds is 1. The van der Waals surface area contributed by atoms with Gasteiger partial charge >= 0.3 is 5.97 Å². The molecule has 3 nitrogen and oxygen atoms in total. The topological polar surface area (TPSA) is 39.2 Å². The third kappa shape index (κ3) is 1.62. The van der Waals surface area contributed by atoms with Gasteiger partial charge in [-0.3, -0.25) is 0 Å². The Hall–Kier alpha value is -1.97. The van der Waals surface area contributed by atoms with Crippen LogP contribution < -0.4 is 0 Å². The molecule has 1 aromatic heterocycles. The smallest absolute Gasteiger partial charge is 0.356 e. The molecule has 82 valence electrons. The van der Waals surface area contributed by atoms with Crippen molar-refractivity contribution < 1.29 is 13.9 Å². The minimum atomic E-state index is -0.562. The minimum Gasteiger partial charge on any atom is -0.464 e. The van der Waals surface area contributed by atoms with Crippen LogP contribution in [0.3, 0.4) is 0 Å². The minimum absolute atomic E-state index is 0.123. The zero-order valence-corrected chi connectivity index (χ0v) is 8.95. The van der Waals surface area contributed by atoms with Crippen molar-refractivity contribution in [2.75, 3.05) is 7.11 Å². The molecule has 4 heteroatoms. The number of para-hydroxylation sites is 1. The van der Waals surface area contributed by atoms with Crippen LogP contribution in [-0.4, -0.2) is 18.1 Å². The Morgan fingerprint density at radius 2 is 2.19 bits per heavy atom. The van der Waals surface area contributed by atoms with E-state index in [1.807, 2.05) is 0 Å². The van der Waals surface area contributed by atoms with Gasteiger partial charge in [-0.15, -0.1) is 0 Å². The highest BCUT2D eigenvalue weighted by molar-refractivity contribution is 5.92. The van der Waals surface area contributed by atoms with E-state index >= 15 is 0 Å². The highest BCUT2D eigenvalue weighted by Crippen LogP contribution is 2.20. The number of hydrogen-bond donors (Lipinski definition) is 0. The SMILES string of the molecule is COC(=O)c1cc(C)c2cccc(F)c2n1. The fraction of sp³-hybridized carbons (Fsp3) is 0.167. The third-order valence-corrected chi connectivity index (χ3v) is 2.39. The molecule has 2 aromatic rings. The molecule has 0 N–H and O–H groups in total. The highest BCUT2D eigenvalue weighted by atomic mass is 19.1. The van der Waals surface area contributed by atoms with Crippen LogP contribution in [-0.2, 0) is 4.74 Å². The van der Waals surface area contributed by atoms with Crippen molar-refractivity contribution in [2.24, 2.45) is 0 Å². The van der Waals surface area contributed by atoms with Crippen molar-refractivity contribution in [3.8, 4) is 0 Å². The molecule has 16 heavy (non-hydrogen) atoms. The van der Waals surface area contributed by atoms with Crippen molar-refractivity contribution in [3.05, 3.63) is 41.3 Å². The molecule has 0 radical (unpaired) electrons. The number of pyridine rings is 1. The van der Waals surface area contributed by atoms with Gasteiger partial charge in [-0.05, 0) is 24.6 Å². The average Bonchev–Trinajstić information content (AvgIpc) is 2.29. The molecule has 0 aliphatic carbocycles. The van der Waals surface area contributed by atoms with Crippen molar-refractivity contribution in [1.82, 2.24) is 4.98 Å². The normalized spacial score (nSPS) is 10.4. The monoisotopic (exact) mass is 219 g/mol. The third-order valence-electron chi connectivity index (χ3n) is 2.39. The number of nitrogens with zero attached hydrogens (tertiary/aromatic N) is 1. The van der Waals surface area contributed by atoms with Gasteiger partial charge in [-0.25, -0.2) is 14.2 Å². The van der Waals surface area contributed by atoms with Crippen molar-refractivity contribution in [3.63, 3.8) is 0 Å². The van der Waals surface area contributed by atoms with Crippen LogP contribution in [0.1, 0.15) is 16.1 Å². The van der Waals surface area contributed by atoms with Gasteiger partial charge in [0, 0.05) is 5.39 Å². The average molecular weight is 219 g/mol. The lowest BCUT2D eigenvalue weighted by Gasteiger charge is -2.05. The van der Waals surface area contributed by atoms with E-state index < -0.39 is 11.8 Å². The number of halogens is 1. The van der Waals surface area contributed by atoms with E-state index in [0.29, 0.717) is 5.39 Å². The van der Waals surface area contributed by atoms with E-state index in [1.54, 1.807) is 25.1 Å². The van der Waals surface area contributed by atoms with Gasteiger partial charge in [0.2, 0.25) is 0 Å². The maximum atomic E-state index is 13.5. The molecule has 0 fully saturated rings. The lowest BCUT2D eigenvalue weighted by molar-refractivity contribution is 0.0594. The Labute approximate surface area is 91.9 Å². The lowest BCUT2D eigenvalue weighted by Crippen LogP contribution is -2.05. The number of aromatic nitrogens is 1. The molecule has 0 aliphatic heterocycles. The second kappa shape index (κ2) is 3.89. The standard InChI is InChI=1S/C12H10FNO2/c1-7-6-10(12(15)16-2)14-11-8(7)4-3-5-9(11)13/h3-6H,1-2H3. The molecule has 2 rings (SSSR count). The summed E-state index contributed by atoms with van der Waals surface area (Å²) in [6.07, 6.45) is 0. The van der Waals surface area contributed by atoms with E-state index in [2.05, 4.69) is 9.72 Å². The first-order valence-electron chi connectivity index (χ1n) is 4.77. The summed E-state index contributed by atoms with van der Waals surface area (Å²) in [5, 5.41) is 0.702. The summed E-state index contributed by atoms with van der Waals surface area (Å²) in [5.74, 6) is -1.00. The number of carbonyl (C=O) groups is 1. The number of carbonyl (C=O) groups excluding carboxylic acids is 1. The molecule has 1 aromatic carbocycles. The number of esters is 1. The predicted molar refractivity (Wildman–Crippen MR) is 57.8 cm³/mol. The summed E-state index contributed by atoms with van der Waals surface area (Å²) in [6, 6.07) is 6.29. The number of ether oxygens (including phenoxy) is 1. The number of aryl methyl sites for hydroxylation is 1. The van der Waals surface area contributed by atoms with Gasteiger partial charge in [0.05, 0.1) is 7.11 Å². The fourth-order valence-electron chi connectivity index (χ4n) is 1.59. The highest BCUT2D eigenvalue weighted by Gasteiger charge is 2.12.